The highest BCUT2D eigenvalue weighted by molar-refractivity contribution is 7.99. The molecule has 0 atom stereocenters. The van der Waals surface area contributed by atoms with E-state index in [0.29, 0.717) is 15.4 Å². The SMILES string of the molecule is Cc1sc2nc(SCC(=O)NCC(=O)NC(C)C)n(C(C)C)c(=O)c2c1C. The van der Waals surface area contributed by atoms with Crippen molar-refractivity contribution in [3.63, 3.8) is 0 Å². The van der Waals surface area contributed by atoms with Gasteiger partial charge in [0.1, 0.15) is 4.83 Å². The smallest absolute Gasteiger partial charge is 0.263 e. The molecule has 2 heterocycles. The molecule has 0 saturated heterocycles. The molecule has 0 bridgehead atoms. The normalized spacial score (nSPS) is 11.4. The third-order valence-corrected chi connectivity index (χ3v) is 6.00. The second-order valence-electron chi connectivity index (χ2n) is 6.91. The fourth-order valence-corrected chi connectivity index (χ4v) is 4.61. The maximum Gasteiger partial charge on any atom is 0.263 e. The monoisotopic (exact) mass is 410 g/mol. The summed E-state index contributed by atoms with van der Waals surface area (Å²) < 4.78 is 1.63. The van der Waals surface area contributed by atoms with Crippen molar-refractivity contribution < 1.29 is 9.59 Å². The van der Waals surface area contributed by atoms with Crippen molar-refractivity contribution in [2.24, 2.45) is 0 Å². The Morgan fingerprint density at radius 1 is 1.19 bits per heavy atom. The number of rotatable bonds is 7. The summed E-state index contributed by atoms with van der Waals surface area (Å²) in [5, 5.41) is 6.48. The summed E-state index contributed by atoms with van der Waals surface area (Å²) >= 11 is 2.70. The van der Waals surface area contributed by atoms with Gasteiger partial charge < -0.3 is 10.6 Å². The van der Waals surface area contributed by atoms with Crippen LogP contribution in [0.3, 0.4) is 0 Å². The molecule has 0 aromatic carbocycles. The van der Waals surface area contributed by atoms with E-state index in [1.165, 1.54) is 23.1 Å². The number of amides is 2. The molecule has 0 aliphatic carbocycles. The Balaban J connectivity index is 2.16. The van der Waals surface area contributed by atoms with E-state index in [-0.39, 0.29) is 41.8 Å². The Bertz CT molecular complexity index is 915. The predicted molar refractivity (Wildman–Crippen MR) is 111 cm³/mol. The number of thiophene rings is 1. The molecule has 2 N–H and O–H groups in total. The number of hydrogen-bond donors (Lipinski definition) is 2. The second kappa shape index (κ2) is 8.88. The highest BCUT2D eigenvalue weighted by Gasteiger charge is 2.19. The summed E-state index contributed by atoms with van der Waals surface area (Å²) in [5.74, 6) is -0.420. The van der Waals surface area contributed by atoms with E-state index in [1.807, 2.05) is 41.5 Å². The molecule has 0 radical (unpaired) electrons. The zero-order valence-corrected chi connectivity index (χ0v) is 18.1. The molecule has 9 heteroatoms. The van der Waals surface area contributed by atoms with Crippen molar-refractivity contribution in [2.45, 2.75) is 58.8 Å². The maximum absolute atomic E-state index is 13.0. The van der Waals surface area contributed by atoms with Gasteiger partial charge in [0, 0.05) is 17.0 Å². The highest BCUT2D eigenvalue weighted by atomic mass is 32.2. The lowest BCUT2D eigenvalue weighted by Gasteiger charge is -2.15. The third kappa shape index (κ3) is 5.10. The molecule has 0 spiro atoms. The second-order valence-corrected chi connectivity index (χ2v) is 9.06. The zero-order valence-electron chi connectivity index (χ0n) is 16.5. The first-order chi connectivity index (χ1) is 12.6. The van der Waals surface area contributed by atoms with Gasteiger partial charge in [-0.05, 0) is 47.1 Å². The number of thioether (sulfide) groups is 1. The van der Waals surface area contributed by atoms with Crippen LogP contribution < -0.4 is 16.2 Å². The van der Waals surface area contributed by atoms with Crippen molar-refractivity contribution in [3.8, 4) is 0 Å². The third-order valence-electron chi connectivity index (χ3n) is 3.95. The Hall–Kier alpha value is -1.87. The van der Waals surface area contributed by atoms with E-state index in [4.69, 9.17) is 0 Å². The van der Waals surface area contributed by atoms with Gasteiger partial charge >= 0.3 is 0 Å². The van der Waals surface area contributed by atoms with Gasteiger partial charge in [0.2, 0.25) is 11.8 Å². The predicted octanol–water partition coefficient (Wildman–Crippen LogP) is 2.39. The lowest BCUT2D eigenvalue weighted by Crippen LogP contribution is -2.40. The summed E-state index contributed by atoms with van der Waals surface area (Å²) in [6.07, 6.45) is 0. The standard InChI is InChI=1S/C18H26N4O3S2/c1-9(2)20-13(23)7-19-14(24)8-26-18-21-16-15(11(5)12(6)27-16)17(25)22(18)10(3)4/h9-10H,7-8H2,1-6H3,(H,19,24)(H,20,23). The van der Waals surface area contributed by atoms with Gasteiger partial charge in [-0.15, -0.1) is 11.3 Å². The Kier molecular flexibility index (Phi) is 7.05. The van der Waals surface area contributed by atoms with Crippen LogP contribution in [0.4, 0.5) is 0 Å². The summed E-state index contributed by atoms with van der Waals surface area (Å²) in [4.78, 5) is 43.0. The molecule has 2 aromatic heterocycles. The van der Waals surface area contributed by atoms with Crippen LogP contribution in [0.2, 0.25) is 0 Å². The van der Waals surface area contributed by atoms with Crippen molar-refractivity contribution in [1.82, 2.24) is 20.2 Å². The van der Waals surface area contributed by atoms with Crippen LogP contribution in [0.15, 0.2) is 9.95 Å². The van der Waals surface area contributed by atoms with Gasteiger partial charge in [-0.2, -0.15) is 0 Å². The number of nitrogens with one attached hydrogen (secondary N) is 2. The molecule has 0 saturated carbocycles. The Morgan fingerprint density at radius 2 is 1.85 bits per heavy atom. The summed E-state index contributed by atoms with van der Waals surface area (Å²) in [5.41, 5.74) is 0.892. The number of hydrogen-bond acceptors (Lipinski definition) is 6. The quantitative estimate of drug-likeness (QED) is 0.540. The van der Waals surface area contributed by atoms with Gasteiger partial charge in [0.05, 0.1) is 17.7 Å². The highest BCUT2D eigenvalue weighted by Crippen LogP contribution is 2.29. The Morgan fingerprint density at radius 3 is 2.44 bits per heavy atom. The molecule has 0 unspecified atom stereocenters. The first kappa shape index (κ1) is 21.4. The first-order valence-electron chi connectivity index (χ1n) is 8.82. The van der Waals surface area contributed by atoms with E-state index < -0.39 is 0 Å². The molecular formula is C18H26N4O3S2. The van der Waals surface area contributed by atoms with Crippen LogP contribution in [0.5, 0.6) is 0 Å². The van der Waals surface area contributed by atoms with Crippen LogP contribution in [-0.4, -0.2) is 39.7 Å². The fraction of sp³-hybridized carbons (Fsp3) is 0.556. The largest absolute Gasteiger partial charge is 0.352 e. The number of fused-ring (bicyclic) bond motifs is 1. The molecular weight excluding hydrogens is 384 g/mol. The van der Waals surface area contributed by atoms with Gasteiger partial charge in [-0.1, -0.05) is 11.8 Å². The molecule has 2 amide bonds. The molecule has 2 rings (SSSR count). The first-order valence-corrected chi connectivity index (χ1v) is 10.6. The van der Waals surface area contributed by atoms with E-state index >= 15 is 0 Å². The van der Waals surface area contributed by atoms with Gasteiger partial charge in [0.25, 0.3) is 5.56 Å². The average Bonchev–Trinajstić information content (AvgIpc) is 2.84. The summed E-state index contributed by atoms with van der Waals surface area (Å²) in [7, 11) is 0. The van der Waals surface area contributed by atoms with Gasteiger partial charge in [-0.3, -0.25) is 19.0 Å². The van der Waals surface area contributed by atoms with Crippen molar-refractivity contribution >= 4 is 45.1 Å². The minimum Gasteiger partial charge on any atom is -0.352 e. The molecule has 0 aliphatic heterocycles. The number of aryl methyl sites for hydroxylation is 2. The summed E-state index contributed by atoms with van der Waals surface area (Å²) in [6, 6.07) is -0.0470. The number of carbonyl (C=O) groups excluding carboxylic acids is 2. The van der Waals surface area contributed by atoms with Gasteiger partial charge in [-0.25, -0.2) is 4.98 Å². The molecule has 0 fully saturated rings. The zero-order chi connectivity index (χ0) is 20.3. The minimum atomic E-state index is -0.276. The van der Waals surface area contributed by atoms with Crippen LogP contribution in [-0.2, 0) is 9.59 Å². The maximum atomic E-state index is 13.0. The molecule has 27 heavy (non-hydrogen) atoms. The van der Waals surface area contributed by atoms with Crippen molar-refractivity contribution in [1.29, 1.82) is 0 Å². The topological polar surface area (TPSA) is 93.1 Å². The van der Waals surface area contributed by atoms with Crippen LogP contribution in [0.1, 0.15) is 44.2 Å². The molecule has 148 valence electrons. The molecule has 7 nitrogen and oxygen atoms in total. The molecule has 0 aliphatic rings. The van der Waals surface area contributed by atoms with Crippen LogP contribution in [0, 0.1) is 13.8 Å². The van der Waals surface area contributed by atoms with Crippen molar-refractivity contribution in [2.75, 3.05) is 12.3 Å². The lowest BCUT2D eigenvalue weighted by molar-refractivity contribution is -0.125. The summed E-state index contributed by atoms with van der Waals surface area (Å²) in [6.45, 7) is 11.4. The fourth-order valence-electron chi connectivity index (χ4n) is 2.58. The lowest BCUT2D eigenvalue weighted by atomic mass is 10.2. The molecule has 2 aromatic rings. The number of aromatic nitrogens is 2. The Labute approximate surface area is 166 Å². The van der Waals surface area contributed by atoms with E-state index in [9.17, 15) is 14.4 Å². The number of nitrogens with zero attached hydrogens (tertiary/aromatic N) is 2. The van der Waals surface area contributed by atoms with E-state index in [0.717, 1.165) is 10.4 Å². The van der Waals surface area contributed by atoms with E-state index in [1.54, 1.807) is 4.57 Å². The average molecular weight is 411 g/mol. The van der Waals surface area contributed by atoms with Crippen LogP contribution in [0.25, 0.3) is 10.2 Å². The number of carbonyl (C=O) groups is 2. The minimum absolute atomic E-state index is 0.0258. The van der Waals surface area contributed by atoms with Crippen molar-refractivity contribution in [3.05, 3.63) is 20.8 Å². The van der Waals surface area contributed by atoms with E-state index in [2.05, 4.69) is 15.6 Å². The van der Waals surface area contributed by atoms with Crippen LogP contribution >= 0.6 is 23.1 Å². The van der Waals surface area contributed by atoms with Gasteiger partial charge in [0.15, 0.2) is 5.16 Å².